The lowest BCUT2D eigenvalue weighted by atomic mass is 10.1. The number of hydrogen-bond donors (Lipinski definition) is 1. The summed E-state index contributed by atoms with van der Waals surface area (Å²) < 4.78 is 18.3. The third kappa shape index (κ3) is 4.13. The number of carbonyl (C=O) groups is 1. The molecule has 0 aromatic heterocycles. The molecule has 0 unspecified atom stereocenters. The van der Waals surface area contributed by atoms with Crippen molar-refractivity contribution in [2.24, 2.45) is 0 Å². The minimum Gasteiger partial charge on any atom is -0.465 e. The Bertz CT molecular complexity index is 623. The predicted octanol–water partition coefficient (Wildman–Crippen LogP) is 3.21. The molecule has 0 saturated heterocycles. The summed E-state index contributed by atoms with van der Waals surface area (Å²) in [6.45, 7) is 3.29. The minimum atomic E-state index is -0.660. The van der Waals surface area contributed by atoms with E-state index < -0.39 is 11.8 Å². The number of nitrogens with one attached hydrogen (secondary N) is 1. The molecule has 0 atom stereocenters. The average molecular weight is 287 g/mol. The van der Waals surface area contributed by atoms with E-state index in [2.05, 4.69) is 34.3 Å². The van der Waals surface area contributed by atoms with Gasteiger partial charge in [0, 0.05) is 13.1 Å². The zero-order chi connectivity index (χ0) is 15.2. The van der Waals surface area contributed by atoms with Gasteiger partial charge < -0.3 is 10.1 Å². The first-order valence-corrected chi connectivity index (χ1v) is 6.73. The number of rotatable bonds is 5. The zero-order valence-electron chi connectivity index (χ0n) is 12.2. The summed E-state index contributed by atoms with van der Waals surface area (Å²) in [5, 5.41) is 3.24. The van der Waals surface area contributed by atoms with Gasteiger partial charge >= 0.3 is 5.97 Å². The van der Waals surface area contributed by atoms with Gasteiger partial charge in [0.05, 0.1) is 12.7 Å². The highest BCUT2D eigenvalue weighted by atomic mass is 19.1. The van der Waals surface area contributed by atoms with Gasteiger partial charge in [-0.25, -0.2) is 9.18 Å². The standard InChI is InChI=1S/C17H18FNO2/c1-12-3-5-13(6-4-12)10-19-11-14-7-8-15(16(18)9-14)17(20)21-2/h3-9,19H,10-11H2,1-2H3. The normalized spacial score (nSPS) is 10.4. The van der Waals surface area contributed by atoms with Crippen molar-refractivity contribution in [3.05, 3.63) is 70.5 Å². The molecule has 0 aliphatic carbocycles. The minimum absolute atomic E-state index is 0.0419. The molecular formula is C17H18FNO2. The first-order valence-electron chi connectivity index (χ1n) is 6.73. The summed E-state index contributed by atoms with van der Waals surface area (Å²) in [5.41, 5.74) is 3.14. The van der Waals surface area contributed by atoms with Crippen molar-refractivity contribution in [1.29, 1.82) is 0 Å². The smallest absolute Gasteiger partial charge is 0.340 e. The van der Waals surface area contributed by atoms with Gasteiger partial charge in [-0.3, -0.25) is 0 Å². The molecule has 0 heterocycles. The highest BCUT2D eigenvalue weighted by Crippen LogP contribution is 2.12. The molecule has 1 N–H and O–H groups in total. The van der Waals surface area contributed by atoms with Gasteiger partial charge in [-0.1, -0.05) is 35.9 Å². The van der Waals surface area contributed by atoms with Crippen molar-refractivity contribution in [3.8, 4) is 0 Å². The van der Waals surface area contributed by atoms with Crippen LogP contribution in [0.2, 0.25) is 0 Å². The van der Waals surface area contributed by atoms with Gasteiger partial charge in [0.15, 0.2) is 0 Å². The van der Waals surface area contributed by atoms with Crippen LogP contribution in [0, 0.1) is 12.7 Å². The lowest BCUT2D eigenvalue weighted by Gasteiger charge is -2.07. The summed E-state index contributed by atoms with van der Waals surface area (Å²) in [7, 11) is 1.23. The molecule has 0 radical (unpaired) electrons. The fraction of sp³-hybridized carbons (Fsp3) is 0.235. The lowest BCUT2D eigenvalue weighted by molar-refractivity contribution is 0.0595. The number of halogens is 1. The van der Waals surface area contributed by atoms with Crippen LogP contribution in [0.4, 0.5) is 4.39 Å². The molecular weight excluding hydrogens is 269 g/mol. The largest absolute Gasteiger partial charge is 0.465 e. The molecule has 0 aliphatic rings. The van der Waals surface area contributed by atoms with E-state index in [-0.39, 0.29) is 5.56 Å². The van der Waals surface area contributed by atoms with E-state index in [0.717, 1.165) is 5.56 Å². The van der Waals surface area contributed by atoms with Gasteiger partial charge in [-0.2, -0.15) is 0 Å². The van der Waals surface area contributed by atoms with E-state index in [1.165, 1.54) is 30.4 Å². The van der Waals surface area contributed by atoms with Crippen LogP contribution in [-0.4, -0.2) is 13.1 Å². The van der Waals surface area contributed by atoms with Crippen LogP contribution < -0.4 is 5.32 Å². The van der Waals surface area contributed by atoms with Gasteiger partial charge in [-0.15, -0.1) is 0 Å². The SMILES string of the molecule is COC(=O)c1ccc(CNCc2ccc(C)cc2)cc1F. The topological polar surface area (TPSA) is 38.3 Å². The van der Waals surface area contributed by atoms with Crippen LogP contribution in [0.15, 0.2) is 42.5 Å². The quantitative estimate of drug-likeness (QED) is 0.858. The van der Waals surface area contributed by atoms with E-state index in [1.54, 1.807) is 6.07 Å². The number of aryl methyl sites for hydroxylation is 1. The highest BCUT2D eigenvalue weighted by molar-refractivity contribution is 5.89. The van der Waals surface area contributed by atoms with Gasteiger partial charge in [0.25, 0.3) is 0 Å². The van der Waals surface area contributed by atoms with Gasteiger partial charge in [0.1, 0.15) is 5.82 Å². The van der Waals surface area contributed by atoms with Crippen molar-refractivity contribution in [1.82, 2.24) is 5.32 Å². The zero-order valence-corrected chi connectivity index (χ0v) is 12.2. The van der Waals surface area contributed by atoms with Crippen molar-refractivity contribution in [3.63, 3.8) is 0 Å². The van der Waals surface area contributed by atoms with E-state index in [4.69, 9.17) is 0 Å². The average Bonchev–Trinajstić information content (AvgIpc) is 2.49. The van der Waals surface area contributed by atoms with Crippen LogP contribution in [0.5, 0.6) is 0 Å². The Balaban J connectivity index is 1.93. The third-order valence-corrected chi connectivity index (χ3v) is 3.22. The van der Waals surface area contributed by atoms with Crippen molar-refractivity contribution in [2.75, 3.05) is 7.11 Å². The second-order valence-electron chi connectivity index (χ2n) is 4.89. The first kappa shape index (κ1) is 15.2. The highest BCUT2D eigenvalue weighted by Gasteiger charge is 2.11. The molecule has 0 fully saturated rings. The van der Waals surface area contributed by atoms with Crippen LogP contribution in [0.1, 0.15) is 27.0 Å². The molecule has 0 aliphatic heterocycles. The number of methoxy groups -OCH3 is 1. The van der Waals surface area contributed by atoms with E-state index >= 15 is 0 Å². The molecule has 3 nitrogen and oxygen atoms in total. The Morgan fingerprint density at radius 2 is 1.71 bits per heavy atom. The number of carbonyl (C=O) groups excluding carboxylic acids is 1. The number of hydrogen-bond acceptors (Lipinski definition) is 3. The summed E-state index contributed by atoms with van der Waals surface area (Å²) in [5.74, 6) is -1.22. The van der Waals surface area contributed by atoms with E-state index in [1.807, 2.05) is 6.92 Å². The molecule has 4 heteroatoms. The summed E-state index contributed by atoms with van der Waals surface area (Å²) in [4.78, 5) is 11.3. The first-order chi connectivity index (χ1) is 10.1. The maximum absolute atomic E-state index is 13.8. The summed E-state index contributed by atoms with van der Waals surface area (Å²) in [6.07, 6.45) is 0. The maximum atomic E-state index is 13.8. The lowest BCUT2D eigenvalue weighted by Crippen LogP contribution is -2.13. The Labute approximate surface area is 123 Å². The van der Waals surface area contributed by atoms with Crippen LogP contribution in [-0.2, 0) is 17.8 Å². The monoisotopic (exact) mass is 287 g/mol. The second-order valence-corrected chi connectivity index (χ2v) is 4.89. The fourth-order valence-corrected chi connectivity index (χ4v) is 2.00. The van der Waals surface area contributed by atoms with Crippen LogP contribution in [0.3, 0.4) is 0 Å². The summed E-state index contributed by atoms with van der Waals surface area (Å²) >= 11 is 0. The van der Waals surface area contributed by atoms with Crippen molar-refractivity contribution >= 4 is 5.97 Å². The molecule has 0 amide bonds. The number of esters is 1. The second kappa shape index (κ2) is 6.99. The van der Waals surface area contributed by atoms with E-state index in [9.17, 15) is 9.18 Å². The van der Waals surface area contributed by atoms with Crippen molar-refractivity contribution < 1.29 is 13.9 Å². The van der Waals surface area contributed by atoms with Crippen LogP contribution >= 0.6 is 0 Å². The molecule has 0 saturated carbocycles. The Morgan fingerprint density at radius 3 is 2.33 bits per heavy atom. The Hall–Kier alpha value is -2.20. The number of benzene rings is 2. The predicted molar refractivity (Wildman–Crippen MR) is 79.5 cm³/mol. The van der Waals surface area contributed by atoms with Gasteiger partial charge in [0.2, 0.25) is 0 Å². The molecule has 110 valence electrons. The van der Waals surface area contributed by atoms with Crippen molar-refractivity contribution in [2.45, 2.75) is 20.0 Å². The third-order valence-electron chi connectivity index (χ3n) is 3.22. The molecule has 2 aromatic rings. The van der Waals surface area contributed by atoms with Gasteiger partial charge in [-0.05, 0) is 30.2 Å². The Kier molecular flexibility index (Phi) is 5.06. The molecule has 0 bridgehead atoms. The molecule has 21 heavy (non-hydrogen) atoms. The van der Waals surface area contributed by atoms with E-state index in [0.29, 0.717) is 13.1 Å². The Morgan fingerprint density at radius 1 is 1.10 bits per heavy atom. The fourth-order valence-electron chi connectivity index (χ4n) is 2.00. The summed E-state index contributed by atoms with van der Waals surface area (Å²) in [6, 6.07) is 12.8. The molecule has 0 spiro atoms. The van der Waals surface area contributed by atoms with Crippen LogP contribution in [0.25, 0.3) is 0 Å². The molecule has 2 aromatic carbocycles. The molecule has 2 rings (SSSR count). The number of ether oxygens (including phenoxy) is 1. The maximum Gasteiger partial charge on any atom is 0.340 e.